The minimum absolute atomic E-state index is 0.0235. The van der Waals surface area contributed by atoms with Crippen molar-refractivity contribution < 1.29 is 9.59 Å². The molecule has 2 fully saturated rings. The number of anilines is 1. The maximum atomic E-state index is 13.5. The highest BCUT2D eigenvalue weighted by atomic mass is 32.1. The van der Waals surface area contributed by atoms with Gasteiger partial charge in [0.05, 0.1) is 22.0 Å². The second kappa shape index (κ2) is 9.37. The summed E-state index contributed by atoms with van der Waals surface area (Å²) < 4.78 is 0. The number of fused-ring (bicyclic) bond motifs is 1. The molecule has 0 radical (unpaired) electrons. The molecule has 9 heteroatoms. The van der Waals surface area contributed by atoms with E-state index in [1.807, 2.05) is 43.2 Å². The number of carbonyl (C=O) groups excluding carboxylic acids is 2. The molecule has 0 spiro atoms. The molecule has 2 aliphatic rings. The van der Waals surface area contributed by atoms with Crippen molar-refractivity contribution >= 4 is 28.8 Å². The van der Waals surface area contributed by atoms with Gasteiger partial charge in [0.1, 0.15) is 5.69 Å². The summed E-state index contributed by atoms with van der Waals surface area (Å²) in [6.07, 6.45) is 1.02. The Morgan fingerprint density at radius 1 is 1.03 bits per heavy atom. The standard InChI is InChI=1S/C26H30N6O2S/c1-15-24(16(2)29-25(28-15)22-14-35-17(3)30-22)26(34)32-12-19-10-31(11-20(19)13-32)21-6-4-5-18(9-21)7-8-23(27)33/h4-6,9,14,19-20H,7-8,10-13H2,1-3H3,(H2,27,33). The molecule has 2 atom stereocenters. The summed E-state index contributed by atoms with van der Waals surface area (Å²) >= 11 is 1.57. The molecule has 2 aromatic heterocycles. The van der Waals surface area contributed by atoms with Gasteiger partial charge in [-0.05, 0) is 44.9 Å². The van der Waals surface area contributed by atoms with Crippen LogP contribution in [-0.4, -0.2) is 57.8 Å². The Labute approximate surface area is 209 Å². The van der Waals surface area contributed by atoms with Gasteiger partial charge in [0.25, 0.3) is 5.91 Å². The molecule has 2 amide bonds. The van der Waals surface area contributed by atoms with Crippen LogP contribution in [0, 0.1) is 32.6 Å². The van der Waals surface area contributed by atoms with E-state index in [9.17, 15) is 9.59 Å². The molecule has 2 unspecified atom stereocenters. The average Bonchev–Trinajstić information content (AvgIpc) is 3.52. The lowest BCUT2D eigenvalue weighted by molar-refractivity contribution is -0.117. The number of amides is 2. The zero-order valence-corrected chi connectivity index (χ0v) is 21.1. The quantitative estimate of drug-likeness (QED) is 0.569. The topological polar surface area (TPSA) is 105 Å². The van der Waals surface area contributed by atoms with Gasteiger partial charge in [-0.1, -0.05) is 12.1 Å². The molecule has 1 aromatic carbocycles. The molecule has 35 heavy (non-hydrogen) atoms. The molecular formula is C26H30N6O2S. The second-order valence-corrected chi connectivity index (χ2v) is 10.7. The molecule has 0 aliphatic carbocycles. The fraction of sp³-hybridized carbons (Fsp3) is 0.423. The van der Waals surface area contributed by atoms with Crippen LogP contribution in [0.2, 0.25) is 0 Å². The van der Waals surface area contributed by atoms with E-state index in [0.29, 0.717) is 47.5 Å². The first-order valence-corrected chi connectivity index (χ1v) is 12.9. The average molecular weight is 491 g/mol. The first-order valence-electron chi connectivity index (χ1n) is 12.0. The Morgan fingerprint density at radius 3 is 2.31 bits per heavy atom. The van der Waals surface area contributed by atoms with Gasteiger partial charge in [-0.3, -0.25) is 9.59 Å². The first-order chi connectivity index (χ1) is 16.8. The summed E-state index contributed by atoms with van der Waals surface area (Å²) in [5, 5.41) is 2.92. The Kier molecular flexibility index (Phi) is 6.27. The third-order valence-electron chi connectivity index (χ3n) is 7.04. The number of carbonyl (C=O) groups is 2. The SMILES string of the molecule is Cc1nc(-c2nc(C)c(C(=O)N3CC4CN(c5cccc(CCC(N)=O)c5)CC4C3)c(C)n2)cs1. The predicted molar refractivity (Wildman–Crippen MR) is 136 cm³/mol. The van der Waals surface area contributed by atoms with Crippen molar-refractivity contribution in [2.24, 2.45) is 17.6 Å². The van der Waals surface area contributed by atoms with Crippen molar-refractivity contribution in [2.45, 2.75) is 33.6 Å². The minimum atomic E-state index is -0.278. The maximum absolute atomic E-state index is 13.5. The molecule has 2 N–H and O–H groups in total. The number of likely N-dealkylation sites (tertiary alicyclic amines) is 1. The molecule has 182 valence electrons. The number of rotatable bonds is 6. The van der Waals surface area contributed by atoms with Crippen molar-refractivity contribution in [3.63, 3.8) is 0 Å². The predicted octanol–water partition coefficient (Wildman–Crippen LogP) is 3.15. The molecule has 0 bridgehead atoms. The van der Waals surface area contributed by atoms with Gasteiger partial charge in [0, 0.05) is 55.5 Å². The number of benzene rings is 1. The van der Waals surface area contributed by atoms with Crippen molar-refractivity contribution in [1.29, 1.82) is 0 Å². The molecule has 3 aromatic rings. The minimum Gasteiger partial charge on any atom is -0.371 e. The Balaban J connectivity index is 1.26. The van der Waals surface area contributed by atoms with Crippen molar-refractivity contribution in [3.8, 4) is 11.5 Å². The fourth-order valence-corrected chi connectivity index (χ4v) is 5.90. The van der Waals surface area contributed by atoms with Crippen molar-refractivity contribution in [2.75, 3.05) is 31.1 Å². The molecule has 2 aliphatic heterocycles. The fourth-order valence-electron chi connectivity index (χ4n) is 5.31. The molecule has 0 saturated carbocycles. The smallest absolute Gasteiger partial charge is 0.257 e. The van der Waals surface area contributed by atoms with Crippen LogP contribution < -0.4 is 10.6 Å². The van der Waals surface area contributed by atoms with E-state index >= 15 is 0 Å². The van der Waals surface area contributed by atoms with Crippen LogP contribution in [0.3, 0.4) is 0 Å². The van der Waals surface area contributed by atoms with Crippen LogP contribution in [-0.2, 0) is 11.2 Å². The molecule has 2 saturated heterocycles. The number of hydrogen-bond donors (Lipinski definition) is 1. The third kappa shape index (κ3) is 4.77. The summed E-state index contributed by atoms with van der Waals surface area (Å²) in [4.78, 5) is 42.7. The van der Waals surface area contributed by atoms with Crippen LogP contribution >= 0.6 is 11.3 Å². The summed E-state index contributed by atoms with van der Waals surface area (Å²) in [5.41, 5.74) is 10.4. The zero-order chi connectivity index (χ0) is 24.7. The van der Waals surface area contributed by atoms with E-state index < -0.39 is 0 Å². The molecule has 5 rings (SSSR count). The van der Waals surface area contributed by atoms with E-state index in [1.165, 1.54) is 5.69 Å². The number of nitrogens with zero attached hydrogens (tertiary/aromatic N) is 5. The van der Waals surface area contributed by atoms with Crippen LogP contribution in [0.4, 0.5) is 5.69 Å². The number of aromatic nitrogens is 3. The summed E-state index contributed by atoms with van der Waals surface area (Å²) in [6, 6.07) is 8.35. The monoisotopic (exact) mass is 490 g/mol. The van der Waals surface area contributed by atoms with Gasteiger partial charge in [0.15, 0.2) is 5.82 Å². The number of hydrogen-bond acceptors (Lipinski definition) is 7. The van der Waals surface area contributed by atoms with Crippen LogP contribution in [0.1, 0.15) is 38.7 Å². The van der Waals surface area contributed by atoms with E-state index in [2.05, 4.69) is 32.0 Å². The highest BCUT2D eigenvalue weighted by Gasteiger charge is 2.42. The van der Waals surface area contributed by atoms with E-state index in [0.717, 1.165) is 42.4 Å². The third-order valence-corrected chi connectivity index (χ3v) is 7.82. The maximum Gasteiger partial charge on any atom is 0.257 e. The number of nitrogens with two attached hydrogens (primary N) is 1. The Bertz CT molecular complexity index is 1250. The van der Waals surface area contributed by atoms with Crippen LogP contribution in [0.15, 0.2) is 29.6 Å². The molecular weight excluding hydrogens is 460 g/mol. The lowest BCUT2D eigenvalue weighted by Crippen LogP contribution is -2.34. The van der Waals surface area contributed by atoms with Crippen LogP contribution in [0.5, 0.6) is 0 Å². The lowest BCUT2D eigenvalue weighted by atomic mass is 10.0. The largest absolute Gasteiger partial charge is 0.371 e. The van der Waals surface area contributed by atoms with Gasteiger partial charge in [-0.2, -0.15) is 0 Å². The molecule has 4 heterocycles. The van der Waals surface area contributed by atoms with Gasteiger partial charge in [-0.15, -0.1) is 11.3 Å². The number of primary amides is 1. The van der Waals surface area contributed by atoms with Crippen LogP contribution in [0.25, 0.3) is 11.5 Å². The number of thiazole rings is 1. The lowest BCUT2D eigenvalue weighted by Gasteiger charge is -2.24. The summed E-state index contributed by atoms with van der Waals surface area (Å²) in [5.74, 6) is 1.20. The number of aryl methyl sites for hydroxylation is 4. The Hall–Kier alpha value is -3.33. The van der Waals surface area contributed by atoms with Crippen molar-refractivity contribution in [1.82, 2.24) is 19.9 Å². The van der Waals surface area contributed by atoms with Gasteiger partial charge >= 0.3 is 0 Å². The zero-order valence-electron chi connectivity index (χ0n) is 20.3. The highest BCUT2D eigenvalue weighted by molar-refractivity contribution is 7.09. The summed E-state index contributed by atoms with van der Waals surface area (Å²) in [6.45, 7) is 9.05. The van der Waals surface area contributed by atoms with E-state index in [4.69, 9.17) is 5.73 Å². The first kappa shape index (κ1) is 23.4. The van der Waals surface area contributed by atoms with E-state index in [1.54, 1.807) is 11.3 Å². The van der Waals surface area contributed by atoms with Gasteiger partial charge < -0.3 is 15.5 Å². The summed E-state index contributed by atoms with van der Waals surface area (Å²) in [7, 11) is 0. The van der Waals surface area contributed by atoms with Gasteiger partial charge in [-0.25, -0.2) is 15.0 Å². The Morgan fingerprint density at radius 2 is 1.71 bits per heavy atom. The second-order valence-electron chi connectivity index (χ2n) is 9.62. The van der Waals surface area contributed by atoms with Crippen molar-refractivity contribution in [3.05, 3.63) is 57.2 Å². The molecule has 8 nitrogen and oxygen atoms in total. The highest BCUT2D eigenvalue weighted by Crippen LogP contribution is 2.35. The normalized spacial score (nSPS) is 19.3. The van der Waals surface area contributed by atoms with E-state index in [-0.39, 0.29) is 11.8 Å². The van der Waals surface area contributed by atoms with Gasteiger partial charge in [0.2, 0.25) is 5.91 Å².